The third-order valence-electron chi connectivity index (χ3n) is 15.3. The van der Waals surface area contributed by atoms with Crippen LogP contribution in [0.15, 0.2) is 206 Å². The average Bonchev–Trinajstić information content (AvgIpc) is 4.21. The van der Waals surface area contributed by atoms with Gasteiger partial charge in [-0.3, -0.25) is 0 Å². The fourth-order valence-electron chi connectivity index (χ4n) is 12.6. The molecule has 1 spiro atoms. The maximum absolute atomic E-state index is 2.60. The lowest BCUT2D eigenvalue weighted by Gasteiger charge is -2.37. The second-order valence-electron chi connectivity index (χ2n) is 19.0. The van der Waals surface area contributed by atoms with Gasteiger partial charge in [0.1, 0.15) is 0 Å². The van der Waals surface area contributed by atoms with Crippen molar-refractivity contribution in [3.05, 3.63) is 238 Å². The first-order chi connectivity index (χ1) is 34.1. The van der Waals surface area contributed by atoms with Gasteiger partial charge in [-0.15, -0.1) is 34.0 Å². The summed E-state index contributed by atoms with van der Waals surface area (Å²) < 4.78 is 5.30. The lowest BCUT2D eigenvalue weighted by Crippen LogP contribution is -2.31. The third kappa shape index (κ3) is 5.58. The molecule has 4 aliphatic rings. The van der Waals surface area contributed by atoms with Gasteiger partial charge in [-0.25, -0.2) is 0 Å². The molecule has 0 fully saturated rings. The van der Waals surface area contributed by atoms with Gasteiger partial charge in [-0.2, -0.15) is 0 Å². The second kappa shape index (κ2) is 15.1. The van der Waals surface area contributed by atoms with E-state index in [1.807, 2.05) is 34.0 Å². The van der Waals surface area contributed by atoms with Crippen LogP contribution in [0.5, 0.6) is 0 Å². The molecule has 2 unspecified atom stereocenters. The summed E-state index contributed by atoms with van der Waals surface area (Å²) in [6, 6.07) is 68.8. The molecule has 0 amide bonds. The number of para-hydroxylation sites is 2. The minimum Gasteiger partial charge on any atom is -0.309 e. The lowest BCUT2D eigenvalue weighted by atomic mass is 9.65. The molecule has 69 heavy (non-hydrogen) atoms. The van der Waals surface area contributed by atoms with Crippen LogP contribution in [0.25, 0.3) is 62.4 Å². The molecule has 3 aromatic heterocycles. The van der Waals surface area contributed by atoms with E-state index >= 15 is 0 Å². The van der Waals surface area contributed by atoms with Crippen molar-refractivity contribution in [3.8, 4) is 10.4 Å². The molecule has 11 aromatic rings. The minimum absolute atomic E-state index is 0.323. The Labute approximate surface area is 413 Å². The summed E-state index contributed by atoms with van der Waals surface area (Å²) in [6.07, 6.45) is 12.8. The van der Waals surface area contributed by atoms with Crippen LogP contribution >= 0.6 is 34.0 Å². The monoisotopic (exact) mass is 936 g/mol. The van der Waals surface area contributed by atoms with E-state index in [2.05, 4.69) is 223 Å². The molecule has 0 saturated carbocycles. The number of hydrogen-bond acceptors (Lipinski definition) is 5. The smallest absolute Gasteiger partial charge is 0.0707 e. The van der Waals surface area contributed by atoms with E-state index in [0.717, 1.165) is 30.6 Å². The maximum Gasteiger partial charge on any atom is 0.0707 e. The molecular weight excluding hydrogens is 893 g/mol. The van der Waals surface area contributed by atoms with Gasteiger partial charge in [0.05, 0.1) is 26.2 Å². The Morgan fingerprint density at radius 2 is 1.09 bits per heavy atom. The van der Waals surface area contributed by atoms with Crippen LogP contribution in [-0.4, -0.2) is 0 Å². The largest absolute Gasteiger partial charge is 0.309 e. The Hall–Kier alpha value is -7.28. The van der Waals surface area contributed by atoms with E-state index in [4.69, 9.17) is 0 Å². The number of nitrogens with zero attached hydrogens (tertiary/aromatic N) is 2. The second-order valence-corrected chi connectivity index (χ2v) is 22.2. The van der Waals surface area contributed by atoms with Crippen LogP contribution in [-0.2, 0) is 11.8 Å². The summed E-state index contributed by atoms with van der Waals surface area (Å²) in [5, 5.41) is 5.32. The molecule has 5 heteroatoms. The zero-order valence-corrected chi connectivity index (χ0v) is 40.4. The summed E-state index contributed by atoms with van der Waals surface area (Å²) in [7, 11) is 0. The molecule has 3 heterocycles. The predicted molar refractivity (Wildman–Crippen MR) is 298 cm³/mol. The van der Waals surface area contributed by atoms with Crippen molar-refractivity contribution in [1.82, 2.24) is 0 Å². The van der Waals surface area contributed by atoms with E-state index in [1.54, 1.807) is 0 Å². The molecule has 0 aliphatic heterocycles. The number of allylic oxidation sites excluding steroid dienone is 5. The van der Waals surface area contributed by atoms with Crippen LogP contribution < -0.4 is 9.80 Å². The van der Waals surface area contributed by atoms with E-state index in [-0.39, 0.29) is 0 Å². The highest BCUT2D eigenvalue weighted by Crippen LogP contribution is 2.68. The molecule has 328 valence electrons. The quantitative estimate of drug-likeness (QED) is 0.164. The van der Waals surface area contributed by atoms with Crippen molar-refractivity contribution in [2.24, 2.45) is 5.92 Å². The van der Waals surface area contributed by atoms with E-state index in [9.17, 15) is 0 Å². The van der Waals surface area contributed by atoms with E-state index in [1.165, 1.54) is 117 Å². The normalized spacial score (nSPS) is 17.5. The topological polar surface area (TPSA) is 6.48 Å². The number of benzene rings is 8. The van der Waals surface area contributed by atoms with Gasteiger partial charge >= 0.3 is 0 Å². The van der Waals surface area contributed by atoms with Gasteiger partial charge in [-0.1, -0.05) is 140 Å². The molecule has 2 nitrogen and oxygen atoms in total. The Bertz CT molecular complexity index is 4030. The zero-order chi connectivity index (χ0) is 45.4. The molecule has 0 N–H and O–H groups in total. The fourth-order valence-corrected chi connectivity index (χ4v) is 16.4. The van der Waals surface area contributed by atoms with Crippen LogP contribution in [0.2, 0.25) is 0 Å². The third-order valence-corrected chi connectivity index (χ3v) is 19.0. The predicted octanol–water partition coefficient (Wildman–Crippen LogP) is 19.1. The summed E-state index contributed by atoms with van der Waals surface area (Å²) in [6.45, 7) is 2.48. The highest BCUT2D eigenvalue weighted by Gasteiger charge is 2.56. The molecule has 2 atom stereocenters. The average molecular weight is 937 g/mol. The molecule has 8 aromatic carbocycles. The van der Waals surface area contributed by atoms with Crippen molar-refractivity contribution in [1.29, 1.82) is 0 Å². The summed E-state index contributed by atoms with van der Waals surface area (Å²) in [5.74, 6) is 0.323. The molecule has 0 saturated heterocycles. The summed E-state index contributed by atoms with van der Waals surface area (Å²) in [5.41, 5.74) is 17.8. The van der Waals surface area contributed by atoms with E-state index in [0.29, 0.717) is 5.92 Å². The first-order valence-electron chi connectivity index (χ1n) is 24.2. The van der Waals surface area contributed by atoms with Crippen LogP contribution in [0.4, 0.5) is 34.1 Å². The highest BCUT2D eigenvalue weighted by molar-refractivity contribution is 7.26. The van der Waals surface area contributed by atoms with Gasteiger partial charge in [0.2, 0.25) is 0 Å². The lowest BCUT2D eigenvalue weighted by molar-refractivity contribution is 0.594. The van der Waals surface area contributed by atoms with Gasteiger partial charge < -0.3 is 9.80 Å². The molecule has 4 aliphatic carbocycles. The Morgan fingerprint density at radius 1 is 0.493 bits per heavy atom. The number of hydrogen-bond donors (Lipinski definition) is 0. The van der Waals surface area contributed by atoms with Gasteiger partial charge in [0, 0.05) is 58.1 Å². The molecule has 15 rings (SSSR count). The van der Waals surface area contributed by atoms with Crippen molar-refractivity contribution >= 4 is 120 Å². The van der Waals surface area contributed by atoms with Gasteiger partial charge in [0.25, 0.3) is 0 Å². The van der Waals surface area contributed by atoms with Crippen molar-refractivity contribution in [2.75, 3.05) is 9.80 Å². The van der Waals surface area contributed by atoms with Crippen LogP contribution in [0, 0.1) is 5.92 Å². The number of fused-ring (bicyclic) bond motifs is 17. The highest BCUT2D eigenvalue weighted by atomic mass is 32.1. The van der Waals surface area contributed by atoms with Crippen LogP contribution in [0.1, 0.15) is 52.5 Å². The first-order valence-corrected chi connectivity index (χ1v) is 26.6. The number of rotatable bonds is 6. The number of thiophene rings is 3. The first kappa shape index (κ1) is 39.7. The fraction of sp³-hybridized carbons (Fsp3) is 0.0938. The van der Waals surface area contributed by atoms with Crippen LogP contribution in [0.3, 0.4) is 0 Å². The van der Waals surface area contributed by atoms with E-state index < -0.39 is 5.41 Å². The number of aryl methyl sites for hydroxylation is 1. The Morgan fingerprint density at radius 3 is 1.81 bits per heavy atom. The SMILES string of the molecule is CC1CC=CC2=C1C1(c3cc(N(c4ccccc4)c4cccc5c4sc4ccccc45)ccc32)c2cc(N(c3ccccc3)c3cccc4c5c(sc34)CCC=C5)ccc2-c2sc3ccccc3c21. The standard InChI is InChI=1S/C64H44N2S3/c1-39-17-14-25-47-44-35-33-42(65(40-18-4-2-5-19-40)54-28-15-26-48-45-22-8-11-30-56(45)67-61(48)54)37-52(44)64(59(39)47)53-38-43(34-36-50(53)63-60(64)51-24-10-13-32-58(51)69-63)66(41-20-6-3-7-21-41)55-29-16-27-49-46-23-9-12-31-57(46)68-62(49)55/h2-11,13-16,18-30,32-39H,12,17,31H2,1H3. The molecule has 0 radical (unpaired) electrons. The summed E-state index contributed by atoms with van der Waals surface area (Å²) >= 11 is 5.84. The summed E-state index contributed by atoms with van der Waals surface area (Å²) in [4.78, 5) is 7.95. The maximum atomic E-state index is 2.60. The van der Waals surface area contributed by atoms with Crippen molar-refractivity contribution in [3.63, 3.8) is 0 Å². The minimum atomic E-state index is -0.529. The van der Waals surface area contributed by atoms with Crippen molar-refractivity contribution < 1.29 is 0 Å². The van der Waals surface area contributed by atoms with Gasteiger partial charge in [-0.05, 0) is 148 Å². The zero-order valence-electron chi connectivity index (χ0n) is 37.9. The Kier molecular flexibility index (Phi) is 8.69. The van der Waals surface area contributed by atoms with Gasteiger partial charge in [0.15, 0.2) is 0 Å². The molecule has 0 bridgehead atoms. The van der Waals surface area contributed by atoms with Crippen molar-refractivity contribution in [2.45, 2.75) is 31.6 Å². The Balaban J connectivity index is 1.02. The number of anilines is 6. The molecular formula is C64H44N2S3.